The summed E-state index contributed by atoms with van der Waals surface area (Å²) in [4.78, 5) is 0. The van der Waals surface area contributed by atoms with Crippen LogP contribution in [0.5, 0.6) is 0 Å². The van der Waals surface area contributed by atoms with Gasteiger partial charge >= 0.3 is 8.80 Å². The lowest BCUT2D eigenvalue weighted by atomic mass is 10.1. The van der Waals surface area contributed by atoms with Crippen LogP contribution < -0.4 is 5.19 Å². The standard InChI is InChI=1S/C18H30O3Si/c1-13(2)17-11-9-10-12-18(17)22(19-14(3)4,20-15(5)6)21-16(7)8/h9-12,14-16H,1H2,2-8H3. The van der Waals surface area contributed by atoms with Crippen molar-refractivity contribution in [2.75, 3.05) is 0 Å². The topological polar surface area (TPSA) is 27.7 Å². The number of rotatable bonds is 8. The second-order valence-electron chi connectivity index (χ2n) is 6.38. The Morgan fingerprint density at radius 2 is 1.27 bits per heavy atom. The van der Waals surface area contributed by atoms with E-state index < -0.39 is 8.80 Å². The second-order valence-corrected chi connectivity index (χ2v) is 8.74. The van der Waals surface area contributed by atoms with Crippen molar-refractivity contribution in [2.24, 2.45) is 0 Å². The molecule has 0 saturated heterocycles. The van der Waals surface area contributed by atoms with Gasteiger partial charge in [0.15, 0.2) is 0 Å². The van der Waals surface area contributed by atoms with E-state index >= 15 is 0 Å². The zero-order chi connectivity index (χ0) is 16.9. The first-order valence-electron chi connectivity index (χ1n) is 7.96. The molecule has 124 valence electrons. The van der Waals surface area contributed by atoms with Crippen LogP contribution in [-0.2, 0) is 13.3 Å². The normalized spacial score (nSPS) is 12.5. The van der Waals surface area contributed by atoms with Gasteiger partial charge in [-0.2, -0.15) is 0 Å². The minimum Gasteiger partial charge on any atom is -0.367 e. The first kappa shape index (κ1) is 19.1. The molecule has 0 spiro atoms. The zero-order valence-electron chi connectivity index (χ0n) is 15.0. The maximum Gasteiger partial charge on any atom is 0.538 e. The lowest BCUT2D eigenvalue weighted by molar-refractivity contribution is 0.0153. The molecule has 3 nitrogen and oxygen atoms in total. The molecule has 0 unspecified atom stereocenters. The molecule has 0 amide bonds. The van der Waals surface area contributed by atoms with Gasteiger partial charge in [-0.05, 0) is 54.0 Å². The molecule has 0 radical (unpaired) electrons. The van der Waals surface area contributed by atoms with Crippen LogP contribution in [0.3, 0.4) is 0 Å². The van der Waals surface area contributed by atoms with Gasteiger partial charge in [-0.25, -0.2) is 0 Å². The van der Waals surface area contributed by atoms with Gasteiger partial charge in [0.1, 0.15) is 0 Å². The lowest BCUT2D eigenvalue weighted by Crippen LogP contribution is -2.61. The molecule has 1 aromatic carbocycles. The Labute approximate surface area is 136 Å². The van der Waals surface area contributed by atoms with Crippen molar-refractivity contribution in [3.05, 3.63) is 36.4 Å². The van der Waals surface area contributed by atoms with Gasteiger partial charge in [0, 0.05) is 23.5 Å². The Balaban J connectivity index is 3.48. The molecule has 0 aromatic heterocycles. The summed E-state index contributed by atoms with van der Waals surface area (Å²) in [6.07, 6.45) is 0.0482. The highest BCUT2D eigenvalue weighted by molar-refractivity contribution is 6.76. The molecule has 0 aliphatic carbocycles. The molecular formula is C18H30O3Si. The third-order valence-electron chi connectivity index (χ3n) is 2.89. The van der Waals surface area contributed by atoms with Crippen molar-refractivity contribution >= 4 is 19.6 Å². The fourth-order valence-corrected chi connectivity index (χ4v) is 5.66. The van der Waals surface area contributed by atoms with Gasteiger partial charge in [-0.3, -0.25) is 0 Å². The summed E-state index contributed by atoms with van der Waals surface area (Å²) >= 11 is 0. The first-order chi connectivity index (χ1) is 10.2. The Hall–Kier alpha value is -0.943. The average molecular weight is 323 g/mol. The summed E-state index contributed by atoms with van der Waals surface area (Å²) in [5.41, 5.74) is 2.04. The van der Waals surface area contributed by atoms with E-state index in [0.717, 1.165) is 16.3 Å². The third-order valence-corrected chi connectivity index (χ3v) is 6.33. The number of benzene rings is 1. The maximum atomic E-state index is 6.29. The van der Waals surface area contributed by atoms with Gasteiger partial charge in [0.25, 0.3) is 0 Å². The number of hydrogen-bond acceptors (Lipinski definition) is 3. The van der Waals surface area contributed by atoms with Crippen molar-refractivity contribution < 1.29 is 13.3 Å². The van der Waals surface area contributed by atoms with Crippen molar-refractivity contribution in [3.8, 4) is 0 Å². The maximum absolute atomic E-state index is 6.29. The van der Waals surface area contributed by atoms with Crippen molar-refractivity contribution in [2.45, 2.75) is 66.8 Å². The van der Waals surface area contributed by atoms with E-state index in [1.165, 1.54) is 0 Å². The minimum atomic E-state index is -3.03. The molecule has 0 bridgehead atoms. The predicted molar refractivity (Wildman–Crippen MR) is 95.2 cm³/mol. The molecule has 0 N–H and O–H groups in total. The highest BCUT2D eigenvalue weighted by atomic mass is 28.4. The van der Waals surface area contributed by atoms with Crippen LogP contribution in [0.25, 0.3) is 5.57 Å². The van der Waals surface area contributed by atoms with E-state index in [1.54, 1.807) is 0 Å². The largest absolute Gasteiger partial charge is 0.538 e. The summed E-state index contributed by atoms with van der Waals surface area (Å²) in [5, 5.41) is 0.999. The molecule has 0 saturated carbocycles. The number of allylic oxidation sites excluding steroid dienone is 1. The minimum absolute atomic E-state index is 0.0161. The fourth-order valence-electron chi connectivity index (χ4n) is 2.33. The molecule has 4 heteroatoms. The van der Waals surface area contributed by atoms with Gasteiger partial charge in [0.2, 0.25) is 0 Å². The van der Waals surface area contributed by atoms with E-state index in [-0.39, 0.29) is 18.3 Å². The Kier molecular flexibility index (Phi) is 7.00. The van der Waals surface area contributed by atoms with E-state index in [4.69, 9.17) is 13.3 Å². The molecule has 1 rings (SSSR count). The van der Waals surface area contributed by atoms with Crippen LogP contribution in [0.4, 0.5) is 0 Å². The molecule has 0 aliphatic heterocycles. The quantitative estimate of drug-likeness (QED) is 0.673. The Morgan fingerprint density at radius 3 is 1.64 bits per heavy atom. The Bertz CT molecular complexity index is 468. The summed E-state index contributed by atoms with van der Waals surface area (Å²) in [6.45, 7) is 18.2. The first-order valence-corrected chi connectivity index (χ1v) is 9.69. The lowest BCUT2D eigenvalue weighted by Gasteiger charge is -2.35. The van der Waals surface area contributed by atoms with Crippen LogP contribution >= 0.6 is 0 Å². The number of hydrogen-bond donors (Lipinski definition) is 0. The predicted octanol–water partition coefficient (Wildman–Crippen LogP) is 4.14. The van der Waals surface area contributed by atoms with E-state index in [1.807, 2.05) is 66.7 Å². The van der Waals surface area contributed by atoms with Crippen molar-refractivity contribution in [3.63, 3.8) is 0 Å². The molecule has 0 fully saturated rings. The summed E-state index contributed by atoms with van der Waals surface area (Å²) in [6, 6.07) is 8.10. The molecule has 1 aromatic rings. The smallest absolute Gasteiger partial charge is 0.367 e. The second kappa shape index (κ2) is 8.06. The zero-order valence-corrected chi connectivity index (χ0v) is 16.0. The van der Waals surface area contributed by atoms with Crippen LogP contribution in [0.1, 0.15) is 54.0 Å². The monoisotopic (exact) mass is 322 g/mol. The van der Waals surface area contributed by atoms with E-state index in [9.17, 15) is 0 Å². The summed E-state index contributed by atoms with van der Waals surface area (Å²) < 4.78 is 18.9. The van der Waals surface area contributed by atoms with Crippen LogP contribution in [0.15, 0.2) is 30.8 Å². The SMILES string of the molecule is C=C(C)c1ccccc1[Si](OC(C)C)(OC(C)C)OC(C)C. The van der Waals surface area contributed by atoms with Crippen LogP contribution in [-0.4, -0.2) is 27.1 Å². The van der Waals surface area contributed by atoms with Crippen LogP contribution in [0, 0.1) is 0 Å². The van der Waals surface area contributed by atoms with Gasteiger partial charge in [-0.15, -0.1) is 0 Å². The van der Waals surface area contributed by atoms with Gasteiger partial charge < -0.3 is 13.3 Å². The van der Waals surface area contributed by atoms with Crippen molar-refractivity contribution in [1.82, 2.24) is 0 Å². The molecule has 0 aliphatic rings. The fraction of sp³-hybridized carbons (Fsp3) is 0.556. The average Bonchev–Trinajstić information content (AvgIpc) is 2.36. The Morgan fingerprint density at radius 1 is 0.864 bits per heavy atom. The molecular weight excluding hydrogens is 292 g/mol. The van der Waals surface area contributed by atoms with E-state index in [2.05, 4.69) is 12.6 Å². The van der Waals surface area contributed by atoms with E-state index in [0.29, 0.717) is 0 Å². The van der Waals surface area contributed by atoms with Crippen LogP contribution in [0.2, 0.25) is 0 Å². The summed E-state index contributed by atoms with van der Waals surface area (Å²) in [7, 11) is -3.03. The molecule has 0 atom stereocenters. The highest BCUT2D eigenvalue weighted by Crippen LogP contribution is 2.22. The molecule has 22 heavy (non-hydrogen) atoms. The third kappa shape index (κ3) is 5.06. The summed E-state index contributed by atoms with van der Waals surface area (Å²) in [5.74, 6) is 0. The van der Waals surface area contributed by atoms with Crippen molar-refractivity contribution in [1.29, 1.82) is 0 Å². The molecule has 0 heterocycles. The van der Waals surface area contributed by atoms with Gasteiger partial charge in [0.05, 0.1) is 0 Å². The highest BCUT2D eigenvalue weighted by Gasteiger charge is 2.48. The van der Waals surface area contributed by atoms with Gasteiger partial charge in [-0.1, -0.05) is 36.4 Å².